The Morgan fingerprint density at radius 3 is 2.57 bits per heavy atom. The number of imidazole rings is 1. The van der Waals surface area contributed by atoms with Crippen molar-refractivity contribution in [2.24, 2.45) is 14.1 Å². The Kier molecular flexibility index (Phi) is 1.84. The highest BCUT2D eigenvalue weighted by molar-refractivity contribution is 9.10. The zero-order valence-electron chi connectivity index (χ0n) is 7.54. The first-order valence-electron chi connectivity index (χ1n) is 3.83. The van der Waals surface area contributed by atoms with E-state index in [4.69, 9.17) is 0 Å². The number of H-pyrrole nitrogens is 1. The molecule has 6 nitrogen and oxygen atoms in total. The van der Waals surface area contributed by atoms with Crippen molar-refractivity contribution in [3.8, 4) is 0 Å². The van der Waals surface area contributed by atoms with Gasteiger partial charge in [0, 0.05) is 14.1 Å². The van der Waals surface area contributed by atoms with E-state index >= 15 is 0 Å². The molecule has 0 unspecified atom stereocenters. The van der Waals surface area contributed by atoms with Gasteiger partial charge in [0.15, 0.2) is 10.3 Å². The topological polar surface area (TPSA) is 72.7 Å². The number of halogens is 1. The fraction of sp³-hybridized carbons (Fsp3) is 0.286. The van der Waals surface area contributed by atoms with Gasteiger partial charge in [-0.2, -0.15) is 0 Å². The van der Waals surface area contributed by atoms with E-state index in [-0.39, 0.29) is 5.52 Å². The lowest BCUT2D eigenvalue weighted by atomic mass is 10.5. The van der Waals surface area contributed by atoms with E-state index in [2.05, 4.69) is 25.9 Å². The van der Waals surface area contributed by atoms with Gasteiger partial charge in [0.1, 0.15) is 5.65 Å². The van der Waals surface area contributed by atoms with Gasteiger partial charge in [-0.05, 0) is 15.9 Å². The number of aromatic amines is 1. The molecule has 74 valence electrons. The van der Waals surface area contributed by atoms with Crippen molar-refractivity contribution in [3.05, 3.63) is 25.6 Å². The number of aromatic nitrogens is 4. The third kappa shape index (κ3) is 1.05. The minimum Gasteiger partial charge on any atom is -0.308 e. The maximum atomic E-state index is 11.4. The lowest BCUT2D eigenvalue weighted by Crippen LogP contribution is -2.29. The molecule has 0 aliphatic heterocycles. The lowest BCUT2D eigenvalue weighted by Gasteiger charge is -2.00. The molecule has 0 aromatic carbocycles. The number of aryl methyl sites for hydroxylation is 2. The number of fused-ring (bicyclic) bond motifs is 1. The monoisotopic (exact) mass is 258 g/mol. The minimum atomic E-state index is -0.468. The summed E-state index contributed by atoms with van der Waals surface area (Å²) >= 11 is 3.19. The molecule has 0 atom stereocenters. The molecule has 14 heavy (non-hydrogen) atoms. The molecule has 2 heterocycles. The quantitative estimate of drug-likeness (QED) is 0.661. The van der Waals surface area contributed by atoms with E-state index in [0.29, 0.717) is 10.4 Å². The fourth-order valence-electron chi connectivity index (χ4n) is 1.34. The van der Waals surface area contributed by atoms with Crippen LogP contribution in [0.4, 0.5) is 0 Å². The highest BCUT2D eigenvalue weighted by Crippen LogP contribution is 2.13. The van der Waals surface area contributed by atoms with Crippen LogP contribution < -0.4 is 11.2 Å². The predicted molar refractivity (Wildman–Crippen MR) is 54.3 cm³/mol. The predicted octanol–water partition coefficient (Wildman–Crippen LogP) is -0.277. The second kappa shape index (κ2) is 2.81. The summed E-state index contributed by atoms with van der Waals surface area (Å²) in [6.45, 7) is 0. The zero-order valence-corrected chi connectivity index (χ0v) is 9.12. The maximum Gasteiger partial charge on any atom is 0.329 e. The van der Waals surface area contributed by atoms with Crippen LogP contribution in [0.3, 0.4) is 0 Å². The van der Waals surface area contributed by atoms with Crippen LogP contribution in [-0.4, -0.2) is 19.1 Å². The van der Waals surface area contributed by atoms with Crippen LogP contribution in [0.2, 0.25) is 0 Å². The molecule has 0 saturated carbocycles. The van der Waals surface area contributed by atoms with Crippen LogP contribution in [0.15, 0.2) is 14.3 Å². The SMILES string of the molecule is Cn1c(Br)nc2c(=O)[nH]c(=O)n(C)c21. The molecule has 2 aromatic heterocycles. The summed E-state index contributed by atoms with van der Waals surface area (Å²) < 4.78 is 3.49. The van der Waals surface area contributed by atoms with Crippen LogP contribution in [0, 0.1) is 0 Å². The number of nitrogens with zero attached hydrogens (tertiary/aromatic N) is 3. The van der Waals surface area contributed by atoms with Gasteiger partial charge in [-0.3, -0.25) is 14.3 Å². The molecule has 7 heteroatoms. The molecule has 0 amide bonds. The number of hydrogen-bond donors (Lipinski definition) is 1. The smallest absolute Gasteiger partial charge is 0.308 e. The second-order valence-corrected chi connectivity index (χ2v) is 3.64. The maximum absolute atomic E-state index is 11.4. The Balaban J connectivity index is 3.19. The van der Waals surface area contributed by atoms with Crippen molar-refractivity contribution < 1.29 is 0 Å². The molecule has 0 fully saturated rings. The van der Waals surface area contributed by atoms with Gasteiger partial charge in [0.25, 0.3) is 5.56 Å². The van der Waals surface area contributed by atoms with Crippen molar-refractivity contribution in [1.82, 2.24) is 19.1 Å². The third-order valence-electron chi connectivity index (χ3n) is 2.07. The zero-order chi connectivity index (χ0) is 10.5. The standard InChI is InChI=1S/C7H7BrN4O2/c1-11-5-3(9-6(11)8)4(13)10-7(14)12(5)2/h1-2H3,(H,10,13,14). The highest BCUT2D eigenvalue weighted by Gasteiger charge is 2.12. The summed E-state index contributed by atoms with van der Waals surface area (Å²) in [6.07, 6.45) is 0. The summed E-state index contributed by atoms with van der Waals surface area (Å²) in [4.78, 5) is 28.8. The summed E-state index contributed by atoms with van der Waals surface area (Å²) in [5.74, 6) is 0. The highest BCUT2D eigenvalue weighted by atomic mass is 79.9. The van der Waals surface area contributed by atoms with Crippen molar-refractivity contribution in [2.45, 2.75) is 0 Å². The Morgan fingerprint density at radius 1 is 1.29 bits per heavy atom. The van der Waals surface area contributed by atoms with Gasteiger partial charge in [0.2, 0.25) is 0 Å². The Labute approximate surface area is 86.3 Å². The van der Waals surface area contributed by atoms with Crippen LogP contribution >= 0.6 is 15.9 Å². The van der Waals surface area contributed by atoms with Gasteiger partial charge in [-0.1, -0.05) is 0 Å². The molecule has 0 aliphatic rings. The first-order valence-corrected chi connectivity index (χ1v) is 4.63. The van der Waals surface area contributed by atoms with Crippen molar-refractivity contribution in [2.75, 3.05) is 0 Å². The molecule has 0 spiro atoms. The van der Waals surface area contributed by atoms with Crippen molar-refractivity contribution in [1.29, 1.82) is 0 Å². The van der Waals surface area contributed by atoms with Gasteiger partial charge in [-0.25, -0.2) is 9.78 Å². The van der Waals surface area contributed by atoms with E-state index in [1.54, 1.807) is 18.7 Å². The molecular formula is C7H7BrN4O2. The average Bonchev–Trinajstić information content (AvgIpc) is 2.41. The summed E-state index contributed by atoms with van der Waals surface area (Å²) in [5, 5.41) is 0. The molecule has 0 aliphatic carbocycles. The molecule has 0 saturated heterocycles. The number of hydrogen-bond acceptors (Lipinski definition) is 3. The number of nitrogens with one attached hydrogen (secondary N) is 1. The Bertz CT molecular complexity index is 621. The van der Waals surface area contributed by atoms with Gasteiger partial charge >= 0.3 is 5.69 Å². The largest absolute Gasteiger partial charge is 0.329 e. The van der Waals surface area contributed by atoms with E-state index in [1.807, 2.05) is 0 Å². The van der Waals surface area contributed by atoms with Gasteiger partial charge < -0.3 is 4.57 Å². The van der Waals surface area contributed by atoms with E-state index < -0.39 is 11.2 Å². The lowest BCUT2D eigenvalue weighted by molar-refractivity contribution is 0.787. The van der Waals surface area contributed by atoms with E-state index in [1.165, 1.54) is 4.57 Å². The van der Waals surface area contributed by atoms with E-state index in [9.17, 15) is 9.59 Å². The van der Waals surface area contributed by atoms with Crippen LogP contribution in [0.25, 0.3) is 11.2 Å². The van der Waals surface area contributed by atoms with Crippen LogP contribution in [0.1, 0.15) is 0 Å². The number of rotatable bonds is 0. The van der Waals surface area contributed by atoms with E-state index in [0.717, 1.165) is 0 Å². The van der Waals surface area contributed by atoms with Crippen molar-refractivity contribution >= 4 is 27.1 Å². The minimum absolute atomic E-state index is 0.251. The molecular weight excluding hydrogens is 252 g/mol. The molecule has 1 N–H and O–H groups in total. The van der Waals surface area contributed by atoms with Crippen LogP contribution in [-0.2, 0) is 14.1 Å². The second-order valence-electron chi connectivity index (χ2n) is 2.93. The summed E-state index contributed by atoms with van der Waals surface area (Å²) in [6, 6.07) is 0. The van der Waals surface area contributed by atoms with Crippen LogP contribution in [0.5, 0.6) is 0 Å². The summed E-state index contributed by atoms with van der Waals surface area (Å²) in [5.41, 5.74) is -0.172. The third-order valence-corrected chi connectivity index (χ3v) is 2.78. The normalized spacial score (nSPS) is 11.1. The molecule has 0 bridgehead atoms. The first kappa shape index (κ1) is 9.20. The molecule has 2 rings (SSSR count). The average molecular weight is 259 g/mol. The Hall–Kier alpha value is -1.37. The Morgan fingerprint density at radius 2 is 1.93 bits per heavy atom. The fourth-order valence-corrected chi connectivity index (χ4v) is 1.68. The first-order chi connectivity index (χ1) is 6.52. The summed E-state index contributed by atoms with van der Waals surface area (Å²) in [7, 11) is 3.30. The van der Waals surface area contributed by atoms with Gasteiger partial charge in [-0.15, -0.1) is 0 Å². The van der Waals surface area contributed by atoms with Gasteiger partial charge in [0.05, 0.1) is 0 Å². The molecule has 0 radical (unpaired) electrons. The molecule has 2 aromatic rings. The van der Waals surface area contributed by atoms with Crippen molar-refractivity contribution in [3.63, 3.8) is 0 Å².